The molecule has 0 spiro atoms. The van der Waals surface area contributed by atoms with Crippen molar-refractivity contribution >= 4 is 17.2 Å². The van der Waals surface area contributed by atoms with Gasteiger partial charge >= 0.3 is 0 Å². The topological polar surface area (TPSA) is 73.3 Å². The van der Waals surface area contributed by atoms with Gasteiger partial charge in [-0.05, 0) is 31.2 Å². The fraction of sp³-hybridized carbons (Fsp3) is 0.0435. The Kier molecular flexibility index (Phi) is 4.89. The molecule has 0 fully saturated rings. The Hall–Kier alpha value is -3.86. The van der Waals surface area contributed by atoms with Gasteiger partial charge in [0, 0.05) is 11.3 Å². The van der Waals surface area contributed by atoms with Crippen LogP contribution in [0.15, 0.2) is 89.9 Å². The van der Waals surface area contributed by atoms with Crippen LogP contribution in [0.25, 0.3) is 11.4 Å². The summed E-state index contributed by atoms with van der Waals surface area (Å²) in [5, 5.41) is 13.8. The summed E-state index contributed by atoms with van der Waals surface area (Å²) in [5.74, 6) is 0.970. The molecule has 0 amide bonds. The van der Waals surface area contributed by atoms with E-state index in [4.69, 9.17) is 0 Å². The van der Waals surface area contributed by atoms with Crippen molar-refractivity contribution < 1.29 is 5.11 Å². The van der Waals surface area contributed by atoms with E-state index in [1.54, 1.807) is 0 Å². The summed E-state index contributed by atoms with van der Waals surface area (Å²) in [4.78, 5) is 12.2. The molecule has 1 aromatic heterocycles. The molecule has 1 heterocycles. The smallest absolute Gasteiger partial charge is 0.241 e. The molecule has 0 aliphatic rings. The fourth-order valence-corrected chi connectivity index (χ4v) is 2.81. The number of anilines is 1. The van der Waals surface area contributed by atoms with Gasteiger partial charge in [-0.25, -0.2) is 4.99 Å². The Labute approximate surface area is 163 Å². The first-order valence-electron chi connectivity index (χ1n) is 9.01. The number of aryl methyl sites for hydroxylation is 1. The fourth-order valence-electron chi connectivity index (χ4n) is 2.81. The van der Waals surface area contributed by atoms with Gasteiger partial charge in [-0.3, -0.25) is 0 Å². The van der Waals surface area contributed by atoms with Crippen LogP contribution in [0.4, 0.5) is 11.4 Å². The minimum absolute atomic E-state index is 0.103. The third kappa shape index (κ3) is 3.94. The Morgan fingerprint density at radius 2 is 1.54 bits per heavy atom. The summed E-state index contributed by atoms with van der Waals surface area (Å²) in [5.41, 5.74) is 4.13. The molecule has 0 radical (unpaired) electrons. The number of amidine groups is 1. The van der Waals surface area contributed by atoms with Crippen LogP contribution in [0.2, 0.25) is 0 Å². The zero-order valence-corrected chi connectivity index (χ0v) is 15.4. The van der Waals surface area contributed by atoms with Gasteiger partial charge < -0.3 is 15.4 Å². The van der Waals surface area contributed by atoms with Crippen molar-refractivity contribution in [3.63, 3.8) is 0 Å². The number of rotatable bonds is 4. The first-order valence-corrected chi connectivity index (χ1v) is 9.01. The molecule has 5 heteroatoms. The number of aromatic nitrogens is 2. The second-order valence-corrected chi connectivity index (χ2v) is 6.44. The van der Waals surface area contributed by atoms with E-state index in [0.717, 1.165) is 22.5 Å². The predicted molar refractivity (Wildman–Crippen MR) is 113 cm³/mol. The zero-order valence-electron chi connectivity index (χ0n) is 15.4. The van der Waals surface area contributed by atoms with Crippen molar-refractivity contribution in [3.05, 3.63) is 96.2 Å². The molecular weight excluding hydrogens is 348 g/mol. The minimum atomic E-state index is -0.103. The van der Waals surface area contributed by atoms with Crippen molar-refractivity contribution in [1.82, 2.24) is 9.97 Å². The Bertz CT molecular complexity index is 1080. The number of hydrogen-bond donors (Lipinski definition) is 3. The van der Waals surface area contributed by atoms with Gasteiger partial charge in [0.2, 0.25) is 5.88 Å². The second kappa shape index (κ2) is 7.80. The number of hydrogen-bond acceptors (Lipinski definition) is 3. The molecular formula is C23H20N4O. The van der Waals surface area contributed by atoms with Gasteiger partial charge in [-0.1, -0.05) is 66.2 Å². The quantitative estimate of drug-likeness (QED) is 0.339. The molecule has 3 aromatic carbocycles. The van der Waals surface area contributed by atoms with E-state index in [1.165, 1.54) is 0 Å². The van der Waals surface area contributed by atoms with E-state index in [1.807, 2.05) is 91.9 Å². The van der Waals surface area contributed by atoms with Crippen LogP contribution in [-0.2, 0) is 0 Å². The number of H-pyrrole nitrogens is 1. The normalized spacial score (nSPS) is 11.4. The van der Waals surface area contributed by atoms with Crippen LogP contribution >= 0.6 is 0 Å². The van der Waals surface area contributed by atoms with Gasteiger partial charge in [0.25, 0.3) is 0 Å². The largest absolute Gasteiger partial charge is 0.492 e. The van der Waals surface area contributed by atoms with E-state index in [2.05, 4.69) is 20.3 Å². The molecule has 4 aromatic rings. The third-order valence-electron chi connectivity index (χ3n) is 4.28. The number of aromatic amines is 1. The lowest BCUT2D eigenvalue weighted by Gasteiger charge is -2.09. The van der Waals surface area contributed by atoms with Crippen LogP contribution < -0.4 is 5.32 Å². The highest BCUT2D eigenvalue weighted by molar-refractivity contribution is 6.09. The molecule has 28 heavy (non-hydrogen) atoms. The van der Waals surface area contributed by atoms with Crippen LogP contribution in [0.5, 0.6) is 5.88 Å². The van der Waals surface area contributed by atoms with Gasteiger partial charge in [0.1, 0.15) is 11.5 Å². The summed E-state index contributed by atoms with van der Waals surface area (Å²) in [6.07, 6.45) is 0. The number of aromatic hydroxyl groups is 1. The number of aliphatic imine (C=N–C) groups is 1. The highest BCUT2D eigenvalue weighted by Gasteiger charge is 2.17. The van der Waals surface area contributed by atoms with E-state index >= 15 is 0 Å². The standard InChI is InChI=1S/C23H20N4O/c1-16-12-14-17(15-13-16)21-26-20(23(28)27-21)22(24-18-8-4-2-5-9-18)25-19-10-6-3-7-11-19/h2-15,28H,1H3,(H,24,25)(H,26,27). The lowest BCUT2D eigenvalue weighted by Crippen LogP contribution is -2.14. The van der Waals surface area contributed by atoms with E-state index < -0.39 is 0 Å². The van der Waals surface area contributed by atoms with Crippen molar-refractivity contribution in [2.24, 2.45) is 4.99 Å². The van der Waals surface area contributed by atoms with Gasteiger partial charge in [-0.15, -0.1) is 0 Å². The molecule has 3 N–H and O–H groups in total. The van der Waals surface area contributed by atoms with Crippen molar-refractivity contribution in [2.75, 3.05) is 5.32 Å². The molecule has 0 aliphatic heterocycles. The summed E-state index contributed by atoms with van der Waals surface area (Å²) in [7, 11) is 0. The van der Waals surface area contributed by atoms with Crippen LogP contribution in [-0.4, -0.2) is 20.9 Å². The second-order valence-electron chi connectivity index (χ2n) is 6.44. The average molecular weight is 368 g/mol. The molecule has 0 aliphatic carbocycles. The number of nitrogens with zero attached hydrogens (tertiary/aromatic N) is 2. The van der Waals surface area contributed by atoms with Crippen LogP contribution in [0.3, 0.4) is 0 Å². The molecule has 0 saturated heterocycles. The first-order chi connectivity index (χ1) is 13.7. The Balaban J connectivity index is 1.76. The van der Waals surface area contributed by atoms with Crippen molar-refractivity contribution in [1.29, 1.82) is 0 Å². The molecule has 0 bridgehead atoms. The SMILES string of the molecule is Cc1ccc(-c2nc(O)c(C(=Nc3ccccc3)Nc3ccccc3)[nH]2)cc1. The molecule has 0 saturated carbocycles. The van der Waals surface area contributed by atoms with Crippen molar-refractivity contribution in [2.45, 2.75) is 6.92 Å². The number of nitrogens with one attached hydrogen (secondary N) is 2. The lowest BCUT2D eigenvalue weighted by atomic mass is 10.1. The average Bonchev–Trinajstić information content (AvgIpc) is 3.11. The predicted octanol–water partition coefficient (Wildman–Crippen LogP) is 5.28. The Morgan fingerprint density at radius 3 is 2.21 bits per heavy atom. The molecule has 138 valence electrons. The monoisotopic (exact) mass is 368 g/mol. The van der Waals surface area contributed by atoms with E-state index in [9.17, 15) is 5.11 Å². The van der Waals surface area contributed by atoms with Gasteiger partial charge in [0.05, 0.1) is 5.69 Å². The summed E-state index contributed by atoms with van der Waals surface area (Å²) >= 11 is 0. The van der Waals surface area contributed by atoms with Gasteiger partial charge in [-0.2, -0.15) is 4.98 Å². The van der Waals surface area contributed by atoms with Crippen molar-refractivity contribution in [3.8, 4) is 17.3 Å². The maximum absolute atomic E-state index is 10.5. The third-order valence-corrected chi connectivity index (χ3v) is 4.28. The first kappa shape index (κ1) is 17.5. The number of imidazole rings is 1. The summed E-state index contributed by atoms with van der Waals surface area (Å²) in [6.45, 7) is 2.03. The molecule has 5 nitrogen and oxygen atoms in total. The zero-order chi connectivity index (χ0) is 19.3. The summed E-state index contributed by atoms with van der Waals surface area (Å²) in [6, 6.07) is 27.2. The molecule has 4 rings (SSSR count). The summed E-state index contributed by atoms with van der Waals surface area (Å²) < 4.78 is 0. The lowest BCUT2D eigenvalue weighted by molar-refractivity contribution is 0.455. The highest BCUT2D eigenvalue weighted by atomic mass is 16.3. The van der Waals surface area contributed by atoms with Crippen LogP contribution in [0.1, 0.15) is 11.3 Å². The number of para-hydroxylation sites is 2. The Morgan fingerprint density at radius 1 is 0.893 bits per heavy atom. The van der Waals surface area contributed by atoms with Crippen LogP contribution in [0, 0.1) is 6.92 Å². The van der Waals surface area contributed by atoms with E-state index in [-0.39, 0.29) is 5.88 Å². The molecule has 0 unspecified atom stereocenters. The highest BCUT2D eigenvalue weighted by Crippen LogP contribution is 2.25. The maximum Gasteiger partial charge on any atom is 0.241 e. The van der Waals surface area contributed by atoms with Gasteiger partial charge in [0.15, 0.2) is 5.84 Å². The maximum atomic E-state index is 10.5. The minimum Gasteiger partial charge on any atom is -0.492 e. The molecule has 0 atom stereocenters. The number of benzene rings is 3. The van der Waals surface area contributed by atoms with E-state index in [0.29, 0.717) is 17.4 Å².